The maximum atomic E-state index is 13.0. The van der Waals surface area contributed by atoms with Gasteiger partial charge < -0.3 is 16.2 Å². The number of anilines is 1. The summed E-state index contributed by atoms with van der Waals surface area (Å²) in [5, 5.41) is 12.9. The molecule has 1 aromatic heterocycles. The molecule has 146 valence electrons. The molecule has 0 aliphatic heterocycles. The number of primary amides is 1. The first-order valence-electron chi connectivity index (χ1n) is 9.40. The van der Waals surface area contributed by atoms with Gasteiger partial charge in [-0.3, -0.25) is 14.4 Å². The molecule has 4 rings (SSSR count). The molecule has 6 nitrogen and oxygen atoms in total. The standard InChI is InChI=1S/C21H22N2O4S/c1-10-14(11-5-3-2-4-6-11)17(18(22)24)20(28-10)23-19(25)15-12-7-8-13(9-12)16(15)21(26)27/h2-6,12-13,15-16H,7-9H2,1H3,(H2,22,24)(H,23,25)(H,26,27)/t12-,13-,15+,16-/m0/s1. The van der Waals surface area contributed by atoms with E-state index in [2.05, 4.69) is 5.32 Å². The molecule has 2 saturated carbocycles. The van der Waals surface area contributed by atoms with Crippen LogP contribution in [0.1, 0.15) is 34.5 Å². The normalized spacial score (nSPS) is 25.6. The number of carbonyl (C=O) groups is 3. The van der Waals surface area contributed by atoms with Crippen molar-refractivity contribution in [2.75, 3.05) is 5.32 Å². The highest BCUT2D eigenvalue weighted by atomic mass is 32.1. The molecule has 2 bridgehead atoms. The maximum absolute atomic E-state index is 13.0. The van der Waals surface area contributed by atoms with Gasteiger partial charge >= 0.3 is 5.97 Å². The minimum absolute atomic E-state index is 0.0683. The van der Waals surface area contributed by atoms with E-state index in [1.165, 1.54) is 11.3 Å². The highest BCUT2D eigenvalue weighted by Gasteiger charge is 2.54. The Labute approximate surface area is 166 Å². The van der Waals surface area contributed by atoms with Crippen molar-refractivity contribution in [1.82, 2.24) is 0 Å². The molecule has 7 heteroatoms. The van der Waals surface area contributed by atoms with Gasteiger partial charge in [0.05, 0.1) is 17.4 Å². The first-order chi connectivity index (χ1) is 13.4. The predicted octanol–water partition coefficient (Wildman–Crippen LogP) is 3.51. The molecule has 0 spiro atoms. The van der Waals surface area contributed by atoms with Crippen LogP contribution in [0.25, 0.3) is 11.1 Å². The Kier molecular flexibility index (Phi) is 4.71. The van der Waals surface area contributed by atoms with E-state index < -0.39 is 23.7 Å². The van der Waals surface area contributed by atoms with Crippen molar-refractivity contribution in [3.05, 3.63) is 40.8 Å². The van der Waals surface area contributed by atoms with Crippen LogP contribution >= 0.6 is 11.3 Å². The second kappa shape index (κ2) is 7.05. The first-order valence-corrected chi connectivity index (χ1v) is 10.2. The number of carboxylic acids is 1. The molecule has 2 aliphatic carbocycles. The number of rotatable bonds is 5. The fourth-order valence-corrected chi connectivity index (χ4v) is 6.12. The number of aliphatic carboxylic acids is 1. The van der Waals surface area contributed by atoms with Crippen LogP contribution in [0, 0.1) is 30.6 Å². The average molecular weight is 398 g/mol. The highest BCUT2D eigenvalue weighted by molar-refractivity contribution is 7.17. The number of amides is 2. The Morgan fingerprint density at radius 3 is 2.36 bits per heavy atom. The van der Waals surface area contributed by atoms with E-state index in [1.54, 1.807) is 0 Å². The predicted molar refractivity (Wildman–Crippen MR) is 107 cm³/mol. The molecule has 28 heavy (non-hydrogen) atoms. The third kappa shape index (κ3) is 2.99. The van der Waals surface area contributed by atoms with Gasteiger partial charge in [-0.15, -0.1) is 11.3 Å². The number of hydrogen-bond acceptors (Lipinski definition) is 4. The summed E-state index contributed by atoms with van der Waals surface area (Å²) < 4.78 is 0. The Bertz CT molecular complexity index is 953. The molecule has 4 atom stereocenters. The molecule has 2 aromatic rings. The summed E-state index contributed by atoms with van der Waals surface area (Å²) in [7, 11) is 0. The van der Waals surface area contributed by atoms with Gasteiger partial charge in [-0.25, -0.2) is 0 Å². The number of fused-ring (bicyclic) bond motifs is 2. The minimum Gasteiger partial charge on any atom is -0.481 e. The van der Waals surface area contributed by atoms with E-state index in [0.717, 1.165) is 35.3 Å². The van der Waals surface area contributed by atoms with Crippen LogP contribution in [0.2, 0.25) is 0 Å². The number of nitrogens with two attached hydrogens (primary N) is 1. The van der Waals surface area contributed by atoms with Crippen LogP contribution in [0.3, 0.4) is 0 Å². The SMILES string of the molecule is Cc1sc(NC(=O)[C@@H]2[C@H]3CC[C@@H](C3)[C@@H]2C(=O)O)c(C(N)=O)c1-c1ccccc1. The second-order valence-electron chi connectivity index (χ2n) is 7.68. The van der Waals surface area contributed by atoms with E-state index >= 15 is 0 Å². The van der Waals surface area contributed by atoms with Crippen LogP contribution in [0.5, 0.6) is 0 Å². The molecule has 4 N–H and O–H groups in total. The molecule has 0 saturated heterocycles. The van der Waals surface area contributed by atoms with Crippen LogP contribution in [0.4, 0.5) is 5.00 Å². The summed E-state index contributed by atoms with van der Waals surface area (Å²) in [4.78, 5) is 37.8. The van der Waals surface area contributed by atoms with Gasteiger partial charge in [0, 0.05) is 10.4 Å². The molecule has 0 unspecified atom stereocenters. The smallest absolute Gasteiger partial charge is 0.307 e. The zero-order chi connectivity index (χ0) is 20.0. The largest absolute Gasteiger partial charge is 0.481 e. The van der Waals surface area contributed by atoms with E-state index in [1.807, 2.05) is 37.3 Å². The summed E-state index contributed by atoms with van der Waals surface area (Å²) in [5.41, 5.74) is 7.52. The number of thiophene rings is 1. The molecular weight excluding hydrogens is 376 g/mol. The zero-order valence-electron chi connectivity index (χ0n) is 15.5. The Balaban J connectivity index is 1.68. The van der Waals surface area contributed by atoms with Gasteiger partial charge in [0.2, 0.25) is 5.91 Å². The maximum Gasteiger partial charge on any atom is 0.307 e. The number of benzene rings is 1. The molecule has 1 heterocycles. The van der Waals surface area contributed by atoms with Crippen molar-refractivity contribution in [2.45, 2.75) is 26.2 Å². The lowest BCUT2D eigenvalue weighted by Crippen LogP contribution is -2.38. The molecule has 2 aliphatic rings. The van der Waals surface area contributed by atoms with Crippen LogP contribution < -0.4 is 11.1 Å². The number of hydrogen-bond donors (Lipinski definition) is 3. The summed E-state index contributed by atoms with van der Waals surface area (Å²) in [5.74, 6) is -2.87. The summed E-state index contributed by atoms with van der Waals surface area (Å²) in [6, 6.07) is 9.43. The van der Waals surface area contributed by atoms with E-state index in [-0.39, 0.29) is 23.3 Å². The van der Waals surface area contributed by atoms with Gasteiger partial charge in [0.1, 0.15) is 5.00 Å². The van der Waals surface area contributed by atoms with Gasteiger partial charge in [0.15, 0.2) is 0 Å². The van der Waals surface area contributed by atoms with E-state index in [0.29, 0.717) is 5.00 Å². The highest BCUT2D eigenvalue weighted by Crippen LogP contribution is 2.53. The topological polar surface area (TPSA) is 109 Å². The lowest BCUT2D eigenvalue weighted by atomic mass is 9.78. The lowest BCUT2D eigenvalue weighted by Gasteiger charge is -2.26. The molecule has 2 amide bonds. The molecule has 1 aromatic carbocycles. The van der Waals surface area contributed by atoms with Crippen molar-refractivity contribution < 1.29 is 19.5 Å². The molecular formula is C21H22N2O4S. The van der Waals surface area contributed by atoms with Crippen molar-refractivity contribution >= 4 is 34.1 Å². The monoisotopic (exact) mass is 398 g/mol. The summed E-state index contributed by atoms with van der Waals surface area (Å²) in [6.07, 6.45) is 2.54. The fraction of sp³-hybridized carbons (Fsp3) is 0.381. The van der Waals surface area contributed by atoms with Crippen molar-refractivity contribution in [3.63, 3.8) is 0 Å². The fourth-order valence-electron chi connectivity index (χ4n) is 5.04. The quantitative estimate of drug-likeness (QED) is 0.716. The van der Waals surface area contributed by atoms with Gasteiger partial charge in [0.25, 0.3) is 5.91 Å². The van der Waals surface area contributed by atoms with E-state index in [9.17, 15) is 19.5 Å². The zero-order valence-corrected chi connectivity index (χ0v) is 16.3. The minimum atomic E-state index is -0.908. The molecule has 0 radical (unpaired) electrons. The van der Waals surface area contributed by atoms with Crippen LogP contribution in [0.15, 0.2) is 30.3 Å². The third-order valence-corrected chi connectivity index (χ3v) is 7.15. The van der Waals surface area contributed by atoms with Gasteiger partial charge in [-0.1, -0.05) is 30.3 Å². The van der Waals surface area contributed by atoms with Crippen LogP contribution in [-0.2, 0) is 9.59 Å². The van der Waals surface area contributed by atoms with Gasteiger partial charge in [-0.05, 0) is 43.6 Å². The first kappa shape index (κ1) is 18.7. The molecule has 2 fully saturated rings. The van der Waals surface area contributed by atoms with Crippen molar-refractivity contribution in [3.8, 4) is 11.1 Å². The van der Waals surface area contributed by atoms with Crippen LogP contribution in [-0.4, -0.2) is 22.9 Å². The average Bonchev–Trinajstić information content (AvgIpc) is 3.34. The Morgan fingerprint density at radius 1 is 1.11 bits per heavy atom. The summed E-state index contributed by atoms with van der Waals surface area (Å²) in [6.45, 7) is 1.88. The Morgan fingerprint density at radius 2 is 1.75 bits per heavy atom. The van der Waals surface area contributed by atoms with Gasteiger partial charge in [-0.2, -0.15) is 0 Å². The van der Waals surface area contributed by atoms with Crippen molar-refractivity contribution in [2.24, 2.45) is 29.4 Å². The lowest BCUT2D eigenvalue weighted by molar-refractivity contribution is -0.148. The number of carbonyl (C=O) groups excluding carboxylic acids is 2. The number of nitrogens with one attached hydrogen (secondary N) is 1. The number of aryl methyl sites for hydroxylation is 1. The Hall–Kier alpha value is -2.67. The third-order valence-electron chi connectivity index (χ3n) is 6.13. The second-order valence-corrected chi connectivity index (χ2v) is 8.90. The number of carboxylic acid groups (broad SMARTS) is 1. The van der Waals surface area contributed by atoms with E-state index in [4.69, 9.17) is 5.73 Å². The van der Waals surface area contributed by atoms with Crippen molar-refractivity contribution in [1.29, 1.82) is 0 Å². The summed E-state index contributed by atoms with van der Waals surface area (Å²) >= 11 is 1.30.